The van der Waals surface area contributed by atoms with Gasteiger partial charge in [0.15, 0.2) is 3.79 Å². The Morgan fingerprint density at radius 2 is 1.68 bits per heavy atom. The molecule has 1 unspecified atom stereocenters. The lowest BCUT2D eigenvalue weighted by Gasteiger charge is -2.21. The molecule has 0 aliphatic rings. The summed E-state index contributed by atoms with van der Waals surface area (Å²) in [5.41, 5.74) is 3.47. The van der Waals surface area contributed by atoms with Gasteiger partial charge in [0.2, 0.25) is 10.9 Å². The second-order valence-corrected chi connectivity index (χ2v) is 9.10. The predicted molar refractivity (Wildman–Crippen MR) is 140 cm³/mol. The number of hydrogen-bond donors (Lipinski definition) is 1. The van der Waals surface area contributed by atoms with E-state index in [0.717, 1.165) is 22.3 Å². The zero-order valence-corrected chi connectivity index (χ0v) is 20.4. The molecule has 2 atom stereocenters. The monoisotopic (exact) mass is 561 g/mol. The van der Waals surface area contributed by atoms with Crippen molar-refractivity contribution in [2.24, 2.45) is 0 Å². The van der Waals surface area contributed by atoms with E-state index in [1.165, 1.54) is 0 Å². The normalized spacial score (nSPS) is 12.6. The molecule has 0 aliphatic heterocycles. The molecule has 1 heterocycles. The van der Waals surface area contributed by atoms with Crippen molar-refractivity contribution < 1.29 is 4.79 Å². The molecule has 0 bridgehead atoms. The van der Waals surface area contributed by atoms with E-state index in [9.17, 15) is 19.6 Å². The van der Waals surface area contributed by atoms with Crippen LogP contribution in [0, 0.1) is 11.3 Å². The minimum Gasteiger partial charge on any atom is -0.375 e. The highest BCUT2D eigenvalue weighted by Crippen LogP contribution is 2.31. The number of nitrogens with one attached hydrogen (secondary N) is 1. The molecule has 6 nitrogen and oxygen atoms in total. The van der Waals surface area contributed by atoms with Gasteiger partial charge < -0.3 is 5.32 Å². The van der Waals surface area contributed by atoms with E-state index >= 15 is 0 Å². The predicted octanol–water partition coefficient (Wildman–Crippen LogP) is 4.68. The highest BCUT2D eigenvalue weighted by atomic mass is 127. The van der Waals surface area contributed by atoms with Gasteiger partial charge in [0.25, 0.3) is 0 Å². The molecule has 4 aromatic rings. The molecule has 0 fully saturated rings. The summed E-state index contributed by atoms with van der Waals surface area (Å²) in [4.78, 5) is 41.4. The van der Waals surface area contributed by atoms with Crippen molar-refractivity contribution in [3.05, 3.63) is 116 Å². The molecule has 0 amide bonds. The lowest BCUT2D eigenvalue weighted by Crippen LogP contribution is -2.40. The van der Waals surface area contributed by atoms with Crippen LogP contribution in [-0.4, -0.2) is 8.77 Å². The van der Waals surface area contributed by atoms with E-state index < -0.39 is 16.8 Å². The largest absolute Gasteiger partial charge is 0.375 e. The second kappa shape index (κ2) is 10.1. The van der Waals surface area contributed by atoms with Crippen molar-refractivity contribution >= 4 is 32.1 Å². The second-order valence-electron chi connectivity index (χ2n) is 8.04. The van der Waals surface area contributed by atoms with Gasteiger partial charge in [-0.2, -0.15) is 5.26 Å². The number of nitrogens with zero attached hydrogens (tertiary/aromatic N) is 2. The Balaban J connectivity index is 1.63. The highest BCUT2D eigenvalue weighted by Gasteiger charge is 2.28. The molecule has 0 aliphatic carbocycles. The summed E-state index contributed by atoms with van der Waals surface area (Å²) < 4.78 is -0.123. The van der Waals surface area contributed by atoms with Gasteiger partial charge in [-0.05, 0) is 59.9 Å². The fraction of sp³-hybridized carbons (Fsp3) is 0.148. The zero-order chi connectivity index (χ0) is 24.2. The van der Waals surface area contributed by atoms with Gasteiger partial charge in [-0.3, -0.25) is 19.4 Å². The molecule has 1 aromatic heterocycles. The van der Waals surface area contributed by atoms with Gasteiger partial charge in [0.05, 0.1) is 23.2 Å². The molecule has 7 heteroatoms. The molecule has 0 radical (unpaired) electrons. The fourth-order valence-electron chi connectivity index (χ4n) is 3.97. The Kier molecular flexibility index (Phi) is 6.98. The van der Waals surface area contributed by atoms with Crippen molar-refractivity contribution in [3.8, 4) is 17.2 Å². The van der Waals surface area contributed by atoms with Crippen LogP contribution in [0.5, 0.6) is 0 Å². The van der Waals surface area contributed by atoms with Crippen LogP contribution in [-0.2, 0) is 11.2 Å². The summed E-state index contributed by atoms with van der Waals surface area (Å²) in [6.07, 6.45) is 3.47. The van der Waals surface area contributed by atoms with E-state index in [0.29, 0.717) is 11.1 Å². The minimum absolute atomic E-state index is 0.123. The topological polar surface area (TPSA) is 99.9 Å². The van der Waals surface area contributed by atoms with Crippen molar-refractivity contribution in [1.82, 2.24) is 4.98 Å². The molecule has 0 spiro atoms. The summed E-state index contributed by atoms with van der Waals surface area (Å²) in [7, 11) is 0. The van der Waals surface area contributed by atoms with Crippen LogP contribution >= 0.6 is 22.6 Å². The summed E-state index contributed by atoms with van der Waals surface area (Å²) in [6, 6.07) is 20.4. The van der Waals surface area contributed by atoms with Crippen LogP contribution < -0.4 is 16.2 Å². The first-order chi connectivity index (χ1) is 16.4. The number of halogens is 1. The van der Waals surface area contributed by atoms with Crippen LogP contribution in [0.4, 0.5) is 5.69 Å². The number of rotatable bonds is 8. The first kappa shape index (κ1) is 23.5. The van der Waals surface area contributed by atoms with Crippen LogP contribution in [0.25, 0.3) is 11.1 Å². The van der Waals surface area contributed by atoms with Crippen molar-refractivity contribution in [2.45, 2.75) is 25.3 Å². The van der Waals surface area contributed by atoms with Crippen LogP contribution in [0.3, 0.4) is 0 Å². The molecule has 1 N–H and O–H groups in total. The maximum absolute atomic E-state index is 12.6. The van der Waals surface area contributed by atoms with Crippen LogP contribution in [0.1, 0.15) is 41.1 Å². The summed E-state index contributed by atoms with van der Waals surface area (Å²) >= 11 is 1.75. The van der Waals surface area contributed by atoms with Gasteiger partial charge in [0.1, 0.15) is 0 Å². The number of pyridine rings is 1. The fourth-order valence-corrected chi connectivity index (χ4v) is 4.55. The number of nitriles is 1. The van der Waals surface area contributed by atoms with E-state index in [4.69, 9.17) is 0 Å². The average molecular weight is 561 g/mol. The molecule has 3 aromatic carbocycles. The Morgan fingerprint density at radius 1 is 1.00 bits per heavy atom. The lowest BCUT2D eigenvalue weighted by atomic mass is 9.88. The number of carbonyl (C=O) groups excluding carboxylic acids is 1. The molecule has 34 heavy (non-hydrogen) atoms. The number of hydrogen-bond acceptors (Lipinski definition) is 6. The first-order valence-electron chi connectivity index (χ1n) is 10.7. The molecule has 0 saturated carbocycles. The van der Waals surface area contributed by atoms with Crippen molar-refractivity contribution in [2.75, 3.05) is 5.32 Å². The van der Waals surface area contributed by atoms with Gasteiger partial charge >= 0.3 is 0 Å². The van der Waals surface area contributed by atoms with E-state index in [1.807, 2.05) is 55.5 Å². The Morgan fingerprint density at radius 3 is 2.35 bits per heavy atom. The molecule has 0 saturated heterocycles. The smallest absolute Gasteiger partial charge is 0.249 e. The Labute approximate surface area is 210 Å². The third kappa shape index (κ3) is 4.82. The Bertz CT molecular complexity index is 1470. The number of carbonyl (C=O) groups is 1. The lowest BCUT2D eigenvalue weighted by molar-refractivity contribution is -0.110. The van der Waals surface area contributed by atoms with E-state index in [-0.39, 0.29) is 21.9 Å². The summed E-state index contributed by atoms with van der Waals surface area (Å²) in [6.45, 7) is 1.90. The third-order valence-electron chi connectivity index (χ3n) is 5.87. The zero-order valence-electron chi connectivity index (χ0n) is 18.3. The van der Waals surface area contributed by atoms with Crippen molar-refractivity contribution in [1.29, 1.82) is 5.26 Å². The quantitative estimate of drug-likeness (QED) is 0.191. The van der Waals surface area contributed by atoms with E-state index in [1.54, 1.807) is 47.1 Å². The van der Waals surface area contributed by atoms with Gasteiger partial charge in [0, 0.05) is 46.6 Å². The number of anilines is 1. The average Bonchev–Trinajstić information content (AvgIpc) is 2.88. The maximum Gasteiger partial charge on any atom is 0.249 e. The summed E-state index contributed by atoms with van der Waals surface area (Å²) in [5, 5.41) is 12.3. The minimum atomic E-state index is -0.584. The third-order valence-corrected chi connectivity index (χ3v) is 6.62. The van der Waals surface area contributed by atoms with Crippen LogP contribution in [0.15, 0.2) is 82.6 Å². The molecule has 4 rings (SSSR count). The van der Waals surface area contributed by atoms with Gasteiger partial charge in [-0.25, -0.2) is 0 Å². The van der Waals surface area contributed by atoms with Gasteiger partial charge in [-0.1, -0.05) is 36.4 Å². The number of benzene rings is 2. The molecule has 168 valence electrons. The molecular weight excluding hydrogens is 541 g/mol. The van der Waals surface area contributed by atoms with Crippen molar-refractivity contribution in [3.63, 3.8) is 0 Å². The first-order valence-corrected chi connectivity index (χ1v) is 11.8. The standard InChI is InChI=1S/C27H20IN3O3/c1-16(18-8-10-30-11-9-18)31-24-23(25(32)26(24)33)14-22(27(28)34)21-7-3-6-20(13-21)19-5-2-4-17(12-19)15-29/h2-13,16,22,31H,14H2,1H3/t16-,22?/m1/s1. The van der Waals surface area contributed by atoms with Gasteiger partial charge in [-0.15, -0.1) is 0 Å². The SMILES string of the molecule is C[C@@H](Nc1c(CC(C(=O)I)c2cccc(-c3cccc(C#N)c3)c2)c(=O)c1=O)c1ccncc1. The number of aromatic nitrogens is 1. The maximum atomic E-state index is 12.6. The highest BCUT2D eigenvalue weighted by molar-refractivity contribution is 14.1. The van der Waals surface area contributed by atoms with Crippen LogP contribution in [0.2, 0.25) is 0 Å². The molecular formula is C27H20IN3O3. The summed E-state index contributed by atoms with van der Waals surface area (Å²) in [5.74, 6) is -0.584. The Hall–Kier alpha value is -3.64. The van der Waals surface area contributed by atoms with E-state index in [2.05, 4.69) is 16.4 Å².